The van der Waals surface area contributed by atoms with Gasteiger partial charge in [-0.25, -0.2) is 19.6 Å². The quantitative estimate of drug-likeness (QED) is 0.0153. The number of aliphatic carboxylic acids is 2. The van der Waals surface area contributed by atoms with Crippen molar-refractivity contribution < 1.29 is 102 Å². The van der Waals surface area contributed by atoms with Gasteiger partial charge in [-0.2, -0.15) is 0 Å². The number of carbonyl (C=O) groups excluding carboxylic acids is 3. The number of nitrogens with zero attached hydrogens (tertiary/aromatic N) is 3. The van der Waals surface area contributed by atoms with Crippen LogP contribution in [0.3, 0.4) is 0 Å². The van der Waals surface area contributed by atoms with E-state index in [-0.39, 0.29) is 45.5 Å². The fourth-order valence-corrected chi connectivity index (χ4v) is 7.46. The largest absolute Gasteiger partial charge is 0.480 e. The highest BCUT2D eigenvalue weighted by atomic mass is 16.6. The van der Waals surface area contributed by atoms with Gasteiger partial charge >= 0.3 is 11.9 Å². The lowest BCUT2D eigenvalue weighted by Crippen LogP contribution is -2.60. The fourth-order valence-electron chi connectivity index (χ4n) is 7.46. The fraction of sp³-hybridized carbons (Fsp3) is 0.761. The first-order valence-electron chi connectivity index (χ1n) is 25.0. The van der Waals surface area contributed by atoms with Crippen molar-refractivity contribution in [1.82, 2.24) is 20.9 Å². The molecule has 2 heterocycles. The molecule has 2 aliphatic heterocycles. The number of aliphatic hydroxyl groups is 4. The zero-order chi connectivity index (χ0) is 57.1. The molecule has 17 N–H and O–H groups in total. The second kappa shape index (κ2) is 38.9. The third-order valence-corrected chi connectivity index (χ3v) is 11.2. The van der Waals surface area contributed by atoms with Crippen LogP contribution < -0.4 is 38.9 Å². The average molecular weight is 1110 g/mol. The number of amides is 3. The van der Waals surface area contributed by atoms with Crippen molar-refractivity contribution in [2.45, 2.75) is 81.9 Å². The van der Waals surface area contributed by atoms with Gasteiger partial charge in [0.05, 0.1) is 104 Å². The minimum atomic E-state index is -1.71. The lowest BCUT2D eigenvalue weighted by atomic mass is 9.87. The Balaban J connectivity index is 1.90. The molecule has 0 aliphatic carbocycles. The predicted molar refractivity (Wildman–Crippen MR) is 270 cm³/mol. The van der Waals surface area contributed by atoms with Gasteiger partial charge in [-0.1, -0.05) is 13.8 Å². The number of aliphatic hydroxyl groups excluding tert-OH is 4. The molecule has 0 aromatic heterocycles. The Labute approximate surface area is 446 Å². The zero-order valence-corrected chi connectivity index (χ0v) is 43.9. The second-order valence-corrected chi connectivity index (χ2v) is 17.3. The minimum absolute atomic E-state index is 0.0298. The lowest BCUT2D eigenvalue weighted by Gasteiger charge is -2.40. The summed E-state index contributed by atoms with van der Waals surface area (Å²) in [7, 11) is 0. The van der Waals surface area contributed by atoms with Crippen LogP contribution in [-0.2, 0) is 71.3 Å². The topological polar surface area (TPSA) is 467 Å². The number of hydrogen-bond acceptors (Lipinski definition) is 22. The summed E-state index contributed by atoms with van der Waals surface area (Å²) in [6.07, 6.45) is -5.65. The van der Waals surface area contributed by atoms with E-state index in [9.17, 15) is 54.6 Å². The molecule has 77 heavy (non-hydrogen) atoms. The number of nitrogens with one attached hydrogen (secondary N) is 3. The number of carbonyl (C=O) groups is 5. The van der Waals surface area contributed by atoms with Crippen molar-refractivity contribution in [3.63, 3.8) is 0 Å². The van der Waals surface area contributed by atoms with E-state index in [1.165, 1.54) is 13.0 Å². The number of nitrogens with two attached hydrogens (primary N) is 4. The van der Waals surface area contributed by atoms with Crippen LogP contribution in [-0.4, -0.2) is 270 Å². The van der Waals surface area contributed by atoms with E-state index in [0.29, 0.717) is 72.5 Å². The van der Waals surface area contributed by atoms with Crippen LogP contribution in [0, 0.1) is 5.92 Å². The third-order valence-electron chi connectivity index (χ3n) is 11.2. The number of aliphatic imine (C=N–C) groups is 2. The van der Waals surface area contributed by atoms with Crippen LogP contribution >= 0.6 is 0 Å². The van der Waals surface area contributed by atoms with Crippen molar-refractivity contribution in [3.05, 3.63) is 23.7 Å². The SMILES string of the molecule is CCCOCCOCCOCCOCCN(CCOCCNC(=O)CO[C@@H]([C@@H]1OC(C(=O)O)=C[C@H](N=C(N)N)[C@H]1C)[C@H](O)CO)CCOCCNC(=O)CO[C@@H]([C@@H]1OC(C(=O)O)=C[C@H](N=C(N)N)[C@H]1NC(C)=O)[C@H](O)CO. The van der Waals surface area contributed by atoms with Crippen LogP contribution in [0.4, 0.5) is 0 Å². The van der Waals surface area contributed by atoms with Gasteiger partial charge in [-0.15, -0.1) is 0 Å². The Morgan fingerprint density at radius 3 is 1.43 bits per heavy atom. The number of ether oxygens (including phenoxy) is 10. The molecule has 0 spiro atoms. The molecule has 2 aliphatic rings. The molecule has 10 atom stereocenters. The van der Waals surface area contributed by atoms with Gasteiger partial charge in [0.2, 0.25) is 29.2 Å². The molecule has 0 unspecified atom stereocenters. The van der Waals surface area contributed by atoms with Crippen LogP contribution in [0.5, 0.6) is 0 Å². The van der Waals surface area contributed by atoms with Crippen molar-refractivity contribution >= 4 is 41.6 Å². The molecule has 2 rings (SSSR count). The van der Waals surface area contributed by atoms with E-state index in [4.69, 9.17) is 70.3 Å². The first kappa shape index (κ1) is 67.6. The van der Waals surface area contributed by atoms with Crippen LogP contribution in [0.15, 0.2) is 33.7 Å². The zero-order valence-electron chi connectivity index (χ0n) is 43.9. The van der Waals surface area contributed by atoms with Gasteiger partial charge in [0.25, 0.3) is 0 Å². The molecule has 3 amide bonds. The van der Waals surface area contributed by atoms with Gasteiger partial charge in [-0.05, 0) is 18.6 Å². The Bertz CT molecular complexity index is 1880. The average Bonchev–Trinajstić information content (AvgIpc) is 3.37. The van der Waals surface area contributed by atoms with Crippen LogP contribution in [0.25, 0.3) is 0 Å². The highest BCUT2D eigenvalue weighted by Crippen LogP contribution is 2.31. The lowest BCUT2D eigenvalue weighted by molar-refractivity contribution is -0.160. The normalized spacial score (nSPS) is 20.7. The van der Waals surface area contributed by atoms with Crippen LogP contribution in [0.2, 0.25) is 0 Å². The third kappa shape index (κ3) is 27.6. The van der Waals surface area contributed by atoms with E-state index in [0.717, 1.165) is 12.5 Å². The highest BCUT2D eigenvalue weighted by Gasteiger charge is 2.46. The highest BCUT2D eigenvalue weighted by molar-refractivity contribution is 5.86. The molecule has 442 valence electrons. The number of guanidine groups is 2. The number of carboxylic acid groups (broad SMARTS) is 2. The summed E-state index contributed by atoms with van der Waals surface area (Å²) in [6, 6.07) is -3.25. The Morgan fingerprint density at radius 2 is 1.01 bits per heavy atom. The summed E-state index contributed by atoms with van der Waals surface area (Å²) >= 11 is 0. The Morgan fingerprint density at radius 1 is 0.623 bits per heavy atom. The van der Waals surface area contributed by atoms with Gasteiger partial charge in [0.1, 0.15) is 43.7 Å². The summed E-state index contributed by atoms with van der Waals surface area (Å²) in [5.41, 5.74) is 22.1. The minimum Gasteiger partial charge on any atom is -0.480 e. The van der Waals surface area contributed by atoms with Gasteiger partial charge in [-0.3, -0.25) is 19.3 Å². The number of rotatable bonds is 43. The smallest absolute Gasteiger partial charge is 0.370 e. The molecule has 0 aromatic rings. The molecule has 0 aromatic carbocycles. The standard InChI is InChI=1S/C46H82N10O21/c1-4-10-68-16-18-72-20-21-73-19-17-71-15-9-56(7-13-69-11-5-51-36(62)26-74-40(32(60)24-57)39-28(2)30(54-45(47)48)22-34(76-39)43(64)65)8-14-70-12-6-52-37(63)27-75-41(33(61)25-58)42-38(53-29(3)59)31(55-46(49)50)23-35(77-42)44(66)67/h22-23,28,30-33,38-42,57-58,60-61H,4-21,24-27H2,1-3H3,(H,51,62)(H,52,63)(H,53,59)(H,64,65)(H,66,67)(H4,47,48,54)(H4,49,50,55)/t28-,30+,31+,32-,33-,38-,39-,40-,41-,42-/m1/s1. The predicted octanol–water partition coefficient (Wildman–Crippen LogP) is -6.33. The van der Waals surface area contributed by atoms with Crippen LogP contribution in [0.1, 0.15) is 27.2 Å². The first-order valence-corrected chi connectivity index (χ1v) is 25.0. The van der Waals surface area contributed by atoms with E-state index in [1.807, 2.05) is 11.8 Å². The van der Waals surface area contributed by atoms with Gasteiger partial charge < -0.3 is 117 Å². The maximum atomic E-state index is 12.8. The monoisotopic (exact) mass is 1110 g/mol. The van der Waals surface area contributed by atoms with Crippen molar-refractivity contribution in [2.75, 3.05) is 138 Å². The Kier molecular flexibility index (Phi) is 34.1. The molecule has 0 bridgehead atoms. The summed E-state index contributed by atoms with van der Waals surface area (Å²) in [5.74, 6) is -7.33. The van der Waals surface area contributed by atoms with Crippen molar-refractivity contribution in [3.8, 4) is 0 Å². The molecule has 0 fully saturated rings. The molecule has 0 saturated carbocycles. The molecular formula is C46H82N10O21. The van der Waals surface area contributed by atoms with E-state index in [1.54, 1.807) is 6.92 Å². The maximum Gasteiger partial charge on any atom is 0.370 e. The summed E-state index contributed by atoms with van der Waals surface area (Å²) in [5, 5.41) is 67.9. The summed E-state index contributed by atoms with van der Waals surface area (Å²) < 4.78 is 56.2. The number of hydrogen-bond donors (Lipinski definition) is 13. The molecule has 0 saturated heterocycles. The van der Waals surface area contributed by atoms with Gasteiger partial charge in [0, 0.05) is 52.2 Å². The van der Waals surface area contributed by atoms with E-state index < -0.39 is 134 Å². The summed E-state index contributed by atoms with van der Waals surface area (Å²) in [4.78, 5) is 71.4. The van der Waals surface area contributed by atoms with Crippen molar-refractivity contribution in [2.24, 2.45) is 38.8 Å². The molecular weight excluding hydrogens is 1030 g/mol. The first-order chi connectivity index (χ1) is 36.8. The summed E-state index contributed by atoms with van der Waals surface area (Å²) in [6.45, 7) is 7.45. The number of carboxylic acids is 2. The molecule has 31 nitrogen and oxygen atoms in total. The van der Waals surface area contributed by atoms with E-state index >= 15 is 0 Å². The van der Waals surface area contributed by atoms with Gasteiger partial charge in [0.15, 0.2) is 18.0 Å². The molecule has 31 heteroatoms. The van der Waals surface area contributed by atoms with Crippen molar-refractivity contribution in [1.29, 1.82) is 0 Å². The molecule has 0 radical (unpaired) electrons. The maximum absolute atomic E-state index is 12.8. The van der Waals surface area contributed by atoms with E-state index in [2.05, 4.69) is 25.9 Å². The Hall–Kier alpha value is -5.55. The second-order valence-electron chi connectivity index (χ2n) is 17.3.